The summed E-state index contributed by atoms with van der Waals surface area (Å²) in [5.41, 5.74) is 0.478. The van der Waals surface area contributed by atoms with Crippen molar-refractivity contribution in [2.75, 3.05) is 0 Å². The molecule has 0 radical (unpaired) electrons. The second-order valence-corrected chi connectivity index (χ2v) is 6.11. The number of nitrogens with zero attached hydrogens (tertiary/aromatic N) is 2. The molecule has 18 heavy (non-hydrogen) atoms. The largest absolute Gasteiger partial charge is 0.333 e. The van der Waals surface area contributed by atoms with E-state index in [4.69, 9.17) is 11.6 Å². The first-order chi connectivity index (χ1) is 8.50. The predicted molar refractivity (Wildman–Crippen MR) is 75.9 cm³/mol. The van der Waals surface area contributed by atoms with Crippen LogP contribution in [0.15, 0.2) is 16.7 Å². The molecule has 2 atom stereocenters. The number of piperidine rings is 1. The Balaban J connectivity index is 2.32. The number of likely N-dealkylation sites (tertiary alicyclic amines) is 1. The molecular weight excluding hydrogens is 316 g/mol. The van der Waals surface area contributed by atoms with Crippen LogP contribution in [-0.4, -0.2) is 27.9 Å². The van der Waals surface area contributed by atoms with E-state index in [0.717, 1.165) is 17.3 Å². The zero-order valence-electron chi connectivity index (χ0n) is 10.5. The van der Waals surface area contributed by atoms with Crippen LogP contribution in [0.25, 0.3) is 0 Å². The lowest BCUT2D eigenvalue weighted by atomic mass is 9.96. The van der Waals surface area contributed by atoms with Gasteiger partial charge in [0.2, 0.25) is 0 Å². The molecule has 0 aromatic carbocycles. The Morgan fingerprint density at radius 1 is 1.44 bits per heavy atom. The van der Waals surface area contributed by atoms with Crippen LogP contribution in [0.5, 0.6) is 0 Å². The lowest BCUT2D eigenvalue weighted by molar-refractivity contribution is 0.0510. The molecule has 5 heteroatoms. The maximum Gasteiger partial charge on any atom is 0.257 e. The van der Waals surface area contributed by atoms with E-state index in [9.17, 15) is 4.79 Å². The molecule has 0 bridgehead atoms. The number of carbonyl (C=O) groups excluding carboxylic acids is 1. The SMILES string of the molecule is C[C@H]1CCC[C@H](C)N1C(=O)c1cc(Br)cnc1Cl. The molecule has 0 aliphatic carbocycles. The maximum atomic E-state index is 12.6. The van der Waals surface area contributed by atoms with Gasteiger partial charge in [-0.1, -0.05) is 11.6 Å². The van der Waals surface area contributed by atoms with E-state index in [1.165, 1.54) is 6.42 Å². The van der Waals surface area contributed by atoms with E-state index in [1.54, 1.807) is 12.3 Å². The Hall–Kier alpha value is -0.610. The summed E-state index contributed by atoms with van der Waals surface area (Å²) >= 11 is 9.35. The molecule has 3 nitrogen and oxygen atoms in total. The summed E-state index contributed by atoms with van der Waals surface area (Å²) in [7, 11) is 0. The number of aromatic nitrogens is 1. The average Bonchev–Trinajstić information content (AvgIpc) is 2.32. The topological polar surface area (TPSA) is 33.2 Å². The molecular formula is C13H16BrClN2O. The fourth-order valence-corrected chi connectivity index (χ4v) is 3.05. The van der Waals surface area contributed by atoms with Gasteiger partial charge in [0, 0.05) is 22.8 Å². The van der Waals surface area contributed by atoms with E-state index < -0.39 is 0 Å². The number of hydrogen-bond acceptors (Lipinski definition) is 2. The van der Waals surface area contributed by atoms with Crippen LogP contribution in [0.4, 0.5) is 0 Å². The molecule has 2 heterocycles. The Labute approximate surface area is 121 Å². The first kappa shape index (κ1) is 13.8. The summed E-state index contributed by atoms with van der Waals surface area (Å²) < 4.78 is 0.771. The molecule has 1 aromatic heterocycles. The van der Waals surface area contributed by atoms with Crippen LogP contribution in [-0.2, 0) is 0 Å². The van der Waals surface area contributed by atoms with Crippen molar-refractivity contribution in [1.29, 1.82) is 0 Å². The second-order valence-electron chi connectivity index (χ2n) is 4.83. The smallest absolute Gasteiger partial charge is 0.257 e. The van der Waals surface area contributed by atoms with Gasteiger partial charge in [0.1, 0.15) is 5.15 Å². The molecule has 1 aromatic rings. The third kappa shape index (κ3) is 2.69. The summed E-state index contributed by atoms with van der Waals surface area (Å²) in [6.45, 7) is 4.18. The number of pyridine rings is 1. The van der Waals surface area contributed by atoms with Crippen LogP contribution >= 0.6 is 27.5 Å². The lowest BCUT2D eigenvalue weighted by Gasteiger charge is -2.39. The monoisotopic (exact) mass is 330 g/mol. The highest BCUT2D eigenvalue weighted by atomic mass is 79.9. The highest BCUT2D eigenvalue weighted by Crippen LogP contribution is 2.27. The molecule has 1 aliphatic heterocycles. The normalized spacial score (nSPS) is 24.1. The molecule has 1 amide bonds. The summed E-state index contributed by atoms with van der Waals surface area (Å²) in [5.74, 6) is -0.0199. The van der Waals surface area contributed by atoms with Gasteiger partial charge in [-0.25, -0.2) is 4.98 Å². The maximum absolute atomic E-state index is 12.6. The van der Waals surface area contributed by atoms with Gasteiger partial charge in [0.05, 0.1) is 5.56 Å². The molecule has 0 N–H and O–H groups in total. The minimum Gasteiger partial charge on any atom is -0.333 e. The summed E-state index contributed by atoms with van der Waals surface area (Å²) in [6, 6.07) is 2.26. The van der Waals surface area contributed by atoms with Crippen molar-refractivity contribution in [2.24, 2.45) is 0 Å². The van der Waals surface area contributed by atoms with Crippen LogP contribution < -0.4 is 0 Å². The zero-order valence-corrected chi connectivity index (χ0v) is 12.8. The molecule has 0 unspecified atom stereocenters. The Bertz CT molecular complexity index is 456. The first-order valence-electron chi connectivity index (χ1n) is 6.14. The van der Waals surface area contributed by atoms with Gasteiger partial charge in [0.15, 0.2) is 0 Å². The first-order valence-corrected chi connectivity index (χ1v) is 7.31. The van der Waals surface area contributed by atoms with Gasteiger partial charge in [-0.15, -0.1) is 0 Å². The number of amides is 1. The fourth-order valence-electron chi connectivity index (χ4n) is 2.53. The van der Waals surface area contributed by atoms with Crippen LogP contribution in [0, 0.1) is 0 Å². The highest BCUT2D eigenvalue weighted by molar-refractivity contribution is 9.10. The van der Waals surface area contributed by atoms with E-state index in [0.29, 0.717) is 5.56 Å². The van der Waals surface area contributed by atoms with Gasteiger partial charge in [-0.3, -0.25) is 4.79 Å². The second kappa shape index (κ2) is 5.57. The third-order valence-corrected chi connectivity index (χ3v) is 4.20. The minimum atomic E-state index is -0.0199. The number of halogens is 2. The van der Waals surface area contributed by atoms with Crippen molar-refractivity contribution in [3.05, 3.63) is 27.5 Å². The lowest BCUT2D eigenvalue weighted by Crippen LogP contribution is -2.47. The van der Waals surface area contributed by atoms with Gasteiger partial charge in [0.25, 0.3) is 5.91 Å². The minimum absolute atomic E-state index is 0.0199. The average molecular weight is 332 g/mol. The van der Waals surface area contributed by atoms with Gasteiger partial charge in [-0.05, 0) is 55.1 Å². The predicted octanol–water partition coefficient (Wildman–Crippen LogP) is 3.90. The van der Waals surface area contributed by atoms with E-state index in [-0.39, 0.29) is 23.1 Å². The van der Waals surface area contributed by atoms with Gasteiger partial charge >= 0.3 is 0 Å². The van der Waals surface area contributed by atoms with Crippen molar-refractivity contribution >= 4 is 33.4 Å². The van der Waals surface area contributed by atoms with E-state index in [2.05, 4.69) is 34.8 Å². The van der Waals surface area contributed by atoms with Gasteiger partial charge in [-0.2, -0.15) is 0 Å². The van der Waals surface area contributed by atoms with Crippen LogP contribution in [0.1, 0.15) is 43.5 Å². The standard InChI is InChI=1S/C13H16BrClN2O/c1-8-4-3-5-9(2)17(8)13(18)11-6-10(14)7-16-12(11)15/h6-9H,3-5H2,1-2H3/t8-,9-/m0/s1. The van der Waals surface area contributed by atoms with Crippen molar-refractivity contribution < 1.29 is 4.79 Å². The Morgan fingerprint density at radius 3 is 2.67 bits per heavy atom. The molecule has 1 fully saturated rings. The van der Waals surface area contributed by atoms with Crippen molar-refractivity contribution in [3.8, 4) is 0 Å². The molecule has 98 valence electrons. The van der Waals surface area contributed by atoms with Crippen LogP contribution in [0.3, 0.4) is 0 Å². The van der Waals surface area contributed by atoms with Crippen molar-refractivity contribution in [3.63, 3.8) is 0 Å². The Kier molecular flexibility index (Phi) is 4.28. The number of hydrogen-bond donors (Lipinski definition) is 0. The Morgan fingerprint density at radius 2 is 2.06 bits per heavy atom. The highest BCUT2D eigenvalue weighted by Gasteiger charge is 2.30. The molecule has 0 spiro atoms. The summed E-state index contributed by atoms with van der Waals surface area (Å²) in [6.07, 6.45) is 4.88. The van der Waals surface area contributed by atoms with E-state index >= 15 is 0 Å². The molecule has 0 saturated carbocycles. The fraction of sp³-hybridized carbons (Fsp3) is 0.538. The van der Waals surface area contributed by atoms with Gasteiger partial charge < -0.3 is 4.90 Å². The summed E-state index contributed by atoms with van der Waals surface area (Å²) in [4.78, 5) is 18.5. The number of carbonyl (C=O) groups is 1. The molecule has 2 rings (SSSR count). The quantitative estimate of drug-likeness (QED) is 0.731. The molecule has 1 aliphatic rings. The zero-order chi connectivity index (χ0) is 13.3. The molecule has 1 saturated heterocycles. The van der Waals surface area contributed by atoms with Crippen molar-refractivity contribution in [2.45, 2.75) is 45.2 Å². The van der Waals surface area contributed by atoms with Crippen molar-refractivity contribution in [1.82, 2.24) is 9.88 Å². The van der Waals surface area contributed by atoms with Crippen LogP contribution in [0.2, 0.25) is 5.15 Å². The third-order valence-electron chi connectivity index (χ3n) is 3.46. The van der Waals surface area contributed by atoms with E-state index in [1.807, 2.05) is 4.90 Å². The number of rotatable bonds is 1. The summed E-state index contributed by atoms with van der Waals surface area (Å²) in [5, 5.41) is 0.271.